The first-order valence-electron chi connectivity index (χ1n) is 5.63. The van der Waals surface area contributed by atoms with Crippen LogP contribution in [-0.2, 0) is 5.92 Å². The Kier molecular flexibility index (Phi) is 5.30. The van der Waals surface area contributed by atoms with Crippen LogP contribution in [0.5, 0.6) is 0 Å². The Balaban J connectivity index is 2.66. The molecule has 0 saturated heterocycles. The van der Waals surface area contributed by atoms with E-state index in [0.717, 1.165) is 5.57 Å². The highest BCUT2D eigenvalue weighted by Gasteiger charge is 2.31. The Labute approximate surface area is 116 Å². The molecule has 104 valence electrons. The smallest absolute Gasteiger partial charge is 0.292 e. The van der Waals surface area contributed by atoms with Gasteiger partial charge in [-0.15, -0.1) is 0 Å². The first kappa shape index (κ1) is 15.4. The van der Waals surface area contributed by atoms with Crippen molar-refractivity contribution in [2.45, 2.75) is 12.8 Å². The Morgan fingerprint density at radius 2 is 2.00 bits per heavy atom. The molecule has 3 N–H and O–H groups in total. The monoisotopic (exact) mass is 287 g/mol. The molecule has 0 heterocycles. The number of aliphatic imine (C=N–C) groups is 1. The van der Waals surface area contributed by atoms with Crippen molar-refractivity contribution in [2.75, 3.05) is 13.1 Å². The Bertz CT molecular complexity index is 469. The van der Waals surface area contributed by atoms with Gasteiger partial charge in [-0.1, -0.05) is 35.9 Å². The molecule has 0 unspecified atom stereocenters. The molecule has 0 spiro atoms. The number of nitrogens with two attached hydrogens (primary N) is 1. The van der Waals surface area contributed by atoms with Crippen molar-refractivity contribution in [2.24, 2.45) is 10.7 Å². The number of rotatable bonds is 5. The lowest BCUT2D eigenvalue weighted by atomic mass is 10.1. The number of guanidine groups is 1. The Morgan fingerprint density at radius 1 is 1.42 bits per heavy atom. The summed E-state index contributed by atoms with van der Waals surface area (Å²) < 4.78 is 27.6. The van der Waals surface area contributed by atoms with Crippen molar-refractivity contribution < 1.29 is 8.78 Å². The van der Waals surface area contributed by atoms with Crippen LogP contribution in [0.25, 0.3) is 0 Å². The van der Waals surface area contributed by atoms with E-state index < -0.39 is 12.5 Å². The molecule has 0 aromatic heterocycles. The maximum Gasteiger partial charge on any atom is 0.292 e. The van der Waals surface area contributed by atoms with Gasteiger partial charge in [0.2, 0.25) is 0 Å². The fourth-order valence-corrected chi connectivity index (χ4v) is 1.39. The minimum absolute atomic E-state index is 0.0309. The standard InChI is InChI=1S/C13H16ClF2N3/c1-9(2)7-18-12(17)19-8-13(15,16)10-3-5-11(14)6-4-10/h3-6H,1,7-8H2,2H3,(H3,17,18,19). The van der Waals surface area contributed by atoms with Crippen LogP contribution in [0.1, 0.15) is 12.5 Å². The summed E-state index contributed by atoms with van der Waals surface area (Å²) in [5.74, 6) is -3.11. The molecular formula is C13H16ClF2N3. The molecule has 0 fully saturated rings. The van der Waals surface area contributed by atoms with Crippen LogP contribution in [0, 0.1) is 0 Å². The molecule has 0 saturated carbocycles. The van der Waals surface area contributed by atoms with Crippen LogP contribution < -0.4 is 11.1 Å². The quantitative estimate of drug-likeness (QED) is 0.497. The first-order chi connectivity index (χ1) is 8.81. The van der Waals surface area contributed by atoms with E-state index in [-0.39, 0.29) is 11.5 Å². The normalized spacial score (nSPS) is 12.3. The van der Waals surface area contributed by atoms with E-state index >= 15 is 0 Å². The van der Waals surface area contributed by atoms with Gasteiger partial charge in [-0.25, -0.2) is 4.99 Å². The van der Waals surface area contributed by atoms with Crippen LogP contribution in [0.15, 0.2) is 41.4 Å². The van der Waals surface area contributed by atoms with E-state index in [0.29, 0.717) is 11.6 Å². The molecule has 6 heteroatoms. The van der Waals surface area contributed by atoms with Gasteiger partial charge in [0.1, 0.15) is 6.54 Å². The highest BCUT2D eigenvalue weighted by atomic mass is 35.5. The number of alkyl halides is 2. The van der Waals surface area contributed by atoms with Gasteiger partial charge in [0.05, 0.1) is 0 Å². The van der Waals surface area contributed by atoms with Crippen molar-refractivity contribution >= 4 is 17.6 Å². The third kappa shape index (κ3) is 5.26. The van der Waals surface area contributed by atoms with Gasteiger partial charge >= 0.3 is 0 Å². The zero-order valence-electron chi connectivity index (χ0n) is 10.6. The second kappa shape index (κ2) is 6.52. The van der Waals surface area contributed by atoms with Crippen LogP contribution >= 0.6 is 11.6 Å². The summed E-state index contributed by atoms with van der Waals surface area (Å²) in [7, 11) is 0. The molecule has 1 aromatic rings. The third-order valence-corrected chi connectivity index (χ3v) is 2.54. The van der Waals surface area contributed by atoms with Crippen LogP contribution in [0.4, 0.5) is 8.78 Å². The SMILES string of the molecule is C=C(C)CNC(N)=NCC(F)(F)c1ccc(Cl)cc1. The Hall–Kier alpha value is -1.62. The van der Waals surface area contributed by atoms with E-state index in [9.17, 15) is 8.78 Å². The molecule has 0 amide bonds. The van der Waals surface area contributed by atoms with Crippen LogP contribution in [-0.4, -0.2) is 19.0 Å². The molecular weight excluding hydrogens is 272 g/mol. The van der Waals surface area contributed by atoms with Gasteiger partial charge < -0.3 is 11.1 Å². The van der Waals surface area contributed by atoms with E-state index in [2.05, 4.69) is 16.9 Å². The molecule has 0 radical (unpaired) electrons. The number of hydrogen-bond acceptors (Lipinski definition) is 1. The van der Waals surface area contributed by atoms with E-state index in [1.54, 1.807) is 6.92 Å². The minimum atomic E-state index is -3.08. The summed E-state index contributed by atoms with van der Waals surface area (Å²) in [5, 5.41) is 3.10. The molecule has 0 aliphatic rings. The molecule has 1 rings (SSSR count). The number of halogens is 3. The zero-order valence-corrected chi connectivity index (χ0v) is 11.3. The zero-order chi connectivity index (χ0) is 14.5. The fraction of sp³-hybridized carbons (Fsp3) is 0.308. The van der Waals surface area contributed by atoms with Crippen molar-refractivity contribution in [3.8, 4) is 0 Å². The largest absolute Gasteiger partial charge is 0.370 e. The van der Waals surface area contributed by atoms with Crippen molar-refractivity contribution in [1.29, 1.82) is 0 Å². The van der Waals surface area contributed by atoms with Gasteiger partial charge in [0.15, 0.2) is 5.96 Å². The summed E-state index contributed by atoms with van der Waals surface area (Å²) in [5.41, 5.74) is 6.17. The lowest BCUT2D eigenvalue weighted by molar-refractivity contribution is 0.00646. The first-order valence-corrected chi connectivity index (χ1v) is 6.01. The number of benzene rings is 1. The molecule has 1 aromatic carbocycles. The van der Waals surface area contributed by atoms with Gasteiger partial charge in [0.25, 0.3) is 5.92 Å². The topological polar surface area (TPSA) is 50.4 Å². The summed E-state index contributed by atoms with van der Waals surface area (Å²) in [4.78, 5) is 3.63. The molecule has 19 heavy (non-hydrogen) atoms. The summed E-state index contributed by atoms with van der Waals surface area (Å²) in [6.07, 6.45) is 0. The molecule has 3 nitrogen and oxygen atoms in total. The fourth-order valence-electron chi connectivity index (χ4n) is 1.27. The minimum Gasteiger partial charge on any atom is -0.370 e. The van der Waals surface area contributed by atoms with Gasteiger partial charge in [-0.3, -0.25) is 0 Å². The lowest BCUT2D eigenvalue weighted by Crippen LogP contribution is -2.34. The van der Waals surface area contributed by atoms with Crippen molar-refractivity contribution in [3.05, 3.63) is 47.0 Å². The second-order valence-electron chi connectivity index (χ2n) is 4.22. The summed E-state index contributed by atoms with van der Waals surface area (Å²) >= 11 is 5.65. The highest BCUT2D eigenvalue weighted by Crippen LogP contribution is 2.29. The molecule has 0 atom stereocenters. The number of nitrogens with zero attached hydrogens (tertiary/aromatic N) is 1. The predicted octanol–water partition coefficient (Wildman–Crippen LogP) is 2.91. The van der Waals surface area contributed by atoms with Gasteiger partial charge in [-0.2, -0.15) is 8.78 Å². The van der Waals surface area contributed by atoms with Crippen LogP contribution in [0.3, 0.4) is 0 Å². The summed E-state index contributed by atoms with van der Waals surface area (Å²) in [6.45, 7) is 5.14. The maximum atomic E-state index is 13.8. The second-order valence-corrected chi connectivity index (χ2v) is 4.66. The lowest BCUT2D eigenvalue weighted by Gasteiger charge is -2.15. The number of nitrogens with one attached hydrogen (secondary N) is 1. The third-order valence-electron chi connectivity index (χ3n) is 2.29. The molecule has 0 aliphatic carbocycles. The van der Waals surface area contributed by atoms with E-state index in [1.807, 2.05) is 0 Å². The van der Waals surface area contributed by atoms with Gasteiger partial charge in [-0.05, 0) is 19.1 Å². The summed E-state index contributed by atoms with van der Waals surface area (Å²) in [6, 6.07) is 5.37. The predicted molar refractivity (Wildman–Crippen MR) is 74.7 cm³/mol. The molecule has 0 bridgehead atoms. The van der Waals surface area contributed by atoms with Crippen molar-refractivity contribution in [3.63, 3.8) is 0 Å². The molecule has 0 aliphatic heterocycles. The highest BCUT2D eigenvalue weighted by molar-refractivity contribution is 6.30. The Morgan fingerprint density at radius 3 is 2.53 bits per heavy atom. The maximum absolute atomic E-state index is 13.8. The van der Waals surface area contributed by atoms with Crippen molar-refractivity contribution in [1.82, 2.24) is 5.32 Å². The van der Waals surface area contributed by atoms with Gasteiger partial charge in [0, 0.05) is 17.1 Å². The van der Waals surface area contributed by atoms with E-state index in [4.69, 9.17) is 17.3 Å². The average Bonchev–Trinajstić information content (AvgIpc) is 2.34. The van der Waals surface area contributed by atoms with E-state index in [1.165, 1.54) is 24.3 Å². The number of hydrogen-bond donors (Lipinski definition) is 2. The van der Waals surface area contributed by atoms with Crippen LogP contribution in [0.2, 0.25) is 5.02 Å². The average molecular weight is 288 g/mol.